The van der Waals surface area contributed by atoms with Crippen molar-refractivity contribution in [1.82, 2.24) is 10.2 Å². The fourth-order valence-corrected chi connectivity index (χ4v) is 2.31. The molecule has 1 saturated heterocycles. The van der Waals surface area contributed by atoms with E-state index in [9.17, 15) is 4.79 Å². The Bertz CT molecular complexity index is 417. The Balaban J connectivity index is 0.00000180. The van der Waals surface area contributed by atoms with Crippen molar-refractivity contribution in [3.63, 3.8) is 0 Å². The highest BCUT2D eigenvalue weighted by Crippen LogP contribution is 2.16. The molecule has 2 rings (SSSR count). The molecule has 1 atom stereocenters. The van der Waals surface area contributed by atoms with Gasteiger partial charge in [-0.2, -0.15) is 0 Å². The highest BCUT2D eigenvalue weighted by atomic mass is 35.5. The number of carbonyl (C=O) groups excluding carboxylic acids is 1. The lowest BCUT2D eigenvalue weighted by molar-refractivity contribution is 0.0709. The molecule has 1 fully saturated rings. The van der Waals surface area contributed by atoms with Gasteiger partial charge in [-0.1, -0.05) is 26.0 Å². The van der Waals surface area contributed by atoms with E-state index in [1.54, 1.807) is 0 Å². The summed E-state index contributed by atoms with van der Waals surface area (Å²) in [5.41, 5.74) is 2.08. The molecule has 1 aliphatic rings. The fourth-order valence-electron chi connectivity index (χ4n) is 2.31. The van der Waals surface area contributed by atoms with E-state index < -0.39 is 0 Å². The molecule has 4 heteroatoms. The second-order valence-electron chi connectivity index (χ2n) is 5.38. The van der Waals surface area contributed by atoms with Crippen molar-refractivity contribution in [2.45, 2.75) is 32.7 Å². The smallest absolute Gasteiger partial charge is 0.253 e. The summed E-state index contributed by atoms with van der Waals surface area (Å²) >= 11 is 0. The Morgan fingerprint density at radius 3 is 2.47 bits per heavy atom. The number of hydrogen-bond donors (Lipinski definition) is 1. The average molecular weight is 283 g/mol. The number of hydrogen-bond acceptors (Lipinski definition) is 2. The van der Waals surface area contributed by atoms with Gasteiger partial charge in [-0.25, -0.2) is 0 Å². The summed E-state index contributed by atoms with van der Waals surface area (Å²) in [4.78, 5) is 14.3. The van der Waals surface area contributed by atoms with Crippen LogP contribution < -0.4 is 5.32 Å². The maximum absolute atomic E-state index is 12.3. The Hall–Kier alpha value is -1.06. The van der Waals surface area contributed by atoms with Crippen LogP contribution in [-0.4, -0.2) is 36.5 Å². The third-order valence-electron chi connectivity index (χ3n) is 3.48. The molecule has 1 heterocycles. The van der Waals surface area contributed by atoms with E-state index in [0.717, 1.165) is 25.2 Å². The van der Waals surface area contributed by atoms with E-state index in [1.165, 1.54) is 5.56 Å². The number of halogens is 1. The summed E-state index contributed by atoms with van der Waals surface area (Å²) < 4.78 is 0. The van der Waals surface area contributed by atoms with Crippen LogP contribution in [0.4, 0.5) is 0 Å². The standard InChI is InChI=1S/C15H22N2O.ClH/c1-11(2)13-4-6-14(7-5-13)15(18)17-9-8-16-12(3)10-17;/h4-7,11-12,16H,8-10H2,1-3H3;1H. The fraction of sp³-hybridized carbons (Fsp3) is 0.533. The average Bonchev–Trinajstić information content (AvgIpc) is 2.38. The molecule has 3 nitrogen and oxygen atoms in total. The lowest BCUT2D eigenvalue weighted by Crippen LogP contribution is -2.51. The van der Waals surface area contributed by atoms with E-state index in [2.05, 4.69) is 38.2 Å². The number of rotatable bonds is 2. The third kappa shape index (κ3) is 3.95. The molecule has 0 bridgehead atoms. The minimum absolute atomic E-state index is 0. The zero-order valence-electron chi connectivity index (χ0n) is 11.8. The molecule has 1 N–H and O–H groups in total. The van der Waals surface area contributed by atoms with Crippen molar-refractivity contribution in [3.05, 3.63) is 35.4 Å². The van der Waals surface area contributed by atoms with Crippen LogP contribution in [0.1, 0.15) is 42.6 Å². The van der Waals surface area contributed by atoms with Crippen LogP contribution in [0.5, 0.6) is 0 Å². The van der Waals surface area contributed by atoms with Crippen LogP contribution in [0.3, 0.4) is 0 Å². The zero-order valence-corrected chi connectivity index (χ0v) is 12.7. The van der Waals surface area contributed by atoms with E-state index in [0.29, 0.717) is 12.0 Å². The molecule has 1 aliphatic heterocycles. The maximum atomic E-state index is 12.3. The number of nitrogens with one attached hydrogen (secondary N) is 1. The molecule has 0 aromatic heterocycles. The van der Waals surface area contributed by atoms with Gasteiger partial charge in [-0.05, 0) is 30.5 Å². The van der Waals surface area contributed by atoms with Crippen LogP contribution in [0.2, 0.25) is 0 Å². The number of benzene rings is 1. The number of amides is 1. The highest BCUT2D eigenvalue weighted by Gasteiger charge is 2.21. The molecule has 0 spiro atoms. The molecule has 1 aromatic carbocycles. The van der Waals surface area contributed by atoms with Gasteiger partial charge in [0.05, 0.1) is 0 Å². The van der Waals surface area contributed by atoms with Crippen LogP contribution in [0.15, 0.2) is 24.3 Å². The Morgan fingerprint density at radius 1 is 1.32 bits per heavy atom. The Morgan fingerprint density at radius 2 is 1.95 bits per heavy atom. The lowest BCUT2D eigenvalue weighted by atomic mass is 10.0. The number of carbonyl (C=O) groups is 1. The molecule has 0 radical (unpaired) electrons. The molecule has 1 unspecified atom stereocenters. The summed E-state index contributed by atoms with van der Waals surface area (Å²) in [7, 11) is 0. The molecular formula is C15H23ClN2O. The quantitative estimate of drug-likeness (QED) is 0.904. The molecule has 0 aliphatic carbocycles. The first kappa shape index (κ1) is 16.0. The molecule has 0 saturated carbocycles. The predicted octanol–water partition coefficient (Wildman–Crippen LogP) is 2.67. The van der Waals surface area contributed by atoms with Crippen molar-refractivity contribution in [1.29, 1.82) is 0 Å². The van der Waals surface area contributed by atoms with Crippen LogP contribution in [0.25, 0.3) is 0 Å². The van der Waals surface area contributed by atoms with E-state index in [-0.39, 0.29) is 18.3 Å². The first-order valence-electron chi connectivity index (χ1n) is 6.70. The monoisotopic (exact) mass is 282 g/mol. The predicted molar refractivity (Wildman–Crippen MR) is 81.1 cm³/mol. The SMILES string of the molecule is CC1CN(C(=O)c2ccc(C(C)C)cc2)CCN1.Cl. The molecule has 1 aromatic rings. The minimum Gasteiger partial charge on any atom is -0.336 e. The molecule has 19 heavy (non-hydrogen) atoms. The largest absolute Gasteiger partial charge is 0.336 e. The maximum Gasteiger partial charge on any atom is 0.253 e. The van der Waals surface area contributed by atoms with Gasteiger partial charge in [0.2, 0.25) is 0 Å². The normalized spacial score (nSPS) is 19.2. The van der Waals surface area contributed by atoms with Gasteiger partial charge in [-0.15, -0.1) is 12.4 Å². The van der Waals surface area contributed by atoms with Gasteiger partial charge in [0.15, 0.2) is 0 Å². The molecule has 106 valence electrons. The van der Waals surface area contributed by atoms with E-state index in [4.69, 9.17) is 0 Å². The second kappa shape index (κ2) is 6.92. The van der Waals surface area contributed by atoms with Crippen molar-refractivity contribution >= 4 is 18.3 Å². The third-order valence-corrected chi connectivity index (χ3v) is 3.48. The van der Waals surface area contributed by atoms with Gasteiger partial charge < -0.3 is 10.2 Å². The molecular weight excluding hydrogens is 260 g/mol. The summed E-state index contributed by atoms with van der Waals surface area (Å²) in [6.07, 6.45) is 0. The van der Waals surface area contributed by atoms with Crippen molar-refractivity contribution < 1.29 is 4.79 Å². The second-order valence-corrected chi connectivity index (χ2v) is 5.38. The van der Waals surface area contributed by atoms with Crippen LogP contribution >= 0.6 is 12.4 Å². The number of nitrogens with zero attached hydrogens (tertiary/aromatic N) is 1. The van der Waals surface area contributed by atoms with Crippen molar-refractivity contribution in [2.24, 2.45) is 0 Å². The number of piperazine rings is 1. The summed E-state index contributed by atoms with van der Waals surface area (Å²) in [5.74, 6) is 0.659. The minimum atomic E-state index is 0. The van der Waals surface area contributed by atoms with Gasteiger partial charge >= 0.3 is 0 Å². The van der Waals surface area contributed by atoms with Gasteiger partial charge in [0, 0.05) is 31.2 Å². The Kier molecular flexibility index (Phi) is 5.83. The van der Waals surface area contributed by atoms with Gasteiger partial charge in [0.1, 0.15) is 0 Å². The summed E-state index contributed by atoms with van der Waals surface area (Å²) in [5, 5.41) is 3.35. The van der Waals surface area contributed by atoms with Crippen molar-refractivity contribution in [2.75, 3.05) is 19.6 Å². The van der Waals surface area contributed by atoms with Gasteiger partial charge in [0.25, 0.3) is 5.91 Å². The van der Waals surface area contributed by atoms with Gasteiger partial charge in [-0.3, -0.25) is 4.79 Å². The topological polar surface area (TPSA) is 32.3 Å². The van der Waals surface area contributed by atoms with Crippen LogP contribution in [-0.2, 0) is 0 Å². The van der Waals surface area contributed by atoms with E-state index in [1.807, 2.05) is 17.0 Å². The first-order chi connectivity index (χ1) is 8.58. The highest BCUT2D eigenvalue weighted by molar-refractivity contribution is 5.94. The van der Waals surface area contributed by atoms with Crippen LogP contribution in [0, 0.1) is 0 Å². The summed E-state index contributed by atoms with van der Waals surface area (Å²) in [6, 6.07) is 8.40. The molecule has 1 amide bonds. The lowest BCUT2D eigenvalue weighted by Gasteiger charge is -2.32. The zero-order chi connectivity index (χ0) is 13.1. The first-order valence-corrected chi connectivity index (χ1v) is 6.70. The Labute approximate surface area is 121 Å². The summed E-state index contributed by atoms with van der Waals surface area (Å²) in [6.45, 7) is 8.92. The van der Waals surface area contributed by atoms with E-state index >= 15 is 0 Å². The van der Waals surface area contributed by atoms with Crippen molar-refractivity contribution in [3.8, 4) is 0 Å².